The van der Waals surface area contributed by atoms with Crippen molar-refractivity contribution in [1.82, 2.24) is 10.2 Å². The molecule has 0 aliphatic carbocycles. The highest BCUT2D eigenvalue weighted by molar-refractivity contribution is 7.92. The number of likely N-dealkylation sites (N-methyl/N-ethyl adjacent to an activating group) is 1. The Labute approximate surface area is 157 Å². The van der Waals surface area contributed by atoms with Gasteiger partial charge in [-0.1, -0.05) is 0 Å². The summed E-state index contributed by atoms with van der Waals surface area (Å²) in [7, 11) is -1.46. The van der Waals surface area contributed by atoms with Gasteiger partial charge in [0, 0.05) is 37.4 Å². The number of hydrogen-bond acceptors (Lipinski definition) is 5. The van der Waals surface area contributed by atoms with E-state index in [9.17, 15) is 13.2 Å². The lowest BCUT2D eigenvalue weighted by molar-refractivity contribution is -0.121. The molecule has 0 aromatic heterocycles. The van der Waals surface area contributed by atoms with E-state index in [-0.39, 0.29) is 12.5 Å². The maximum absolute atomic E-state index is 12.2. The third-order valence-corrected chi connectivity index (χ3v) is 5.35. The number of rotatable bonds is 5. The van der Waals surface area contributed by atoms with Crippen LogP contribution in [-0.2, 0) is 14.8 Å². The Morgan fingerprint density at radius 1 is 1.12 bits per heavy atom. The van der Waals surface area contributed by atoms with Gasteiger partial charge in [0.25, 0.3) is 0 Å². The van der Waals surface area contributed by atoms with Crippen LogP contribution in [0.1, 0.15) is 20.8 Å². The first-order valence-electron chi connectivity index (χ1n) is 8.78. The molecule has 1 amide bonds. The number of anilines is 2. The molecule has 146 valence electrons. The van der Waals surface area contributed by atoms with Crippen molar-refractivity contribution in [2.24, 2.45) is 0 Å². The summed E-state index contributed by atoms with van der Waals surface area (Å²) in [5.41, 5.74) is 1.15. The summed E-state index contributed by atoms with van der Waals surface area (Å²) in [5, 5.41) is 2.80. The van der Waals surface area contributed by atoms with Crippen LogP contribution in [0.25, 0.3) is 0 Å². The van der Waals surface area contributed by atoms with E-state index >= 15 is 0 Å². The minimum atomic E-state index is -3.56. The summed E-state index contributed by atoms with van der Waals surface area (Å²) < 4.78 is 25.5. The Bertz CT molecular complexity index is 718. The molecule has 1 aromatic rings. The van der Waals surface area contributed by atoms with E-state index in [4.69, 9.17) is 0 Å². The molecule has 2 rings (SSSR count). The molecule has 1 aromatic carbocycles. The third kappa shape index (κ3) is 5.88. The van der Waals surface area contributed by atoms with Gasteiger partial charge in [0.2, 0.25) is 15.9 Å². The van der Waals surface area contributed by atoms with E-state index in [1.165, 1.54) is 0 Å². The summed E-state index contributed by atoms with van der Waals surface area (Å²) in [6.45, 7) is 9.25. The standard InChI is InChI=1S/C18H30N4O3S/c1-18(2,3)19-17(23)14-22(26(5,24)25)16-8-6-15(7-9-16)21-12-10-20(4)11-13-21/h6-9H,10-14H2,1-5H3,(H,19,23). The van der Waals surface area contributed by atoms with Crippen molar-refractivity contribution in [1.29, 1.82) is 0 Å². The number of benzene rings is 1. The van der Waals surface area contributed by atoms with Crippen LogP contribution in [0.3, 0.4) is 0 Å². The number of carbonyl (C=O) groups excluding carboxylic acids is 1. The van der Waals surface area contributed by atoms with Crippen LogP contribution in [0.5, 0.6) is 0 Å². The fourth-order valence-electron chi connectivity index (χ4n) is 2.88. The van der Waals surface area contributed by atoms with Crippen LogP contribution in [0.4, 0.5) is 11.4 Å². The molecule has 0 saturated carbocycles. The zero-order chi connectivity index (χ0) is 19.5. The summed E-state index contributed by atoms with van der Waals surface area (Å²) in [6.07, 6.45) is 1.12. The van der Waals surface area contributed by atoms with E-state index in [1.54, 1.807) is 12.1 Å². The van der Waals surface area contributed by atoms with Crippen molar-refractivity contribution in [3.63, 3.8) is 0 Å². The maximum atomic E-state index is 12.2. The Morgan fingerprint density at radius 2 is 1.65 bits per heavy atom. The summed E-state index contributed by atoms with van der Waals surface area (Å²) in [5.74, 6) is -0.328. The van der Waals surface area contributed by atoms with Gasteiger partial charge in [-0.05, 0) is 52.1 Å². The van der Waals surface area contributed by atoms with E-state index in [0.717, 1.165) is 42.4 Å². The summed E-state index contributed by atoms with van der Waals surface area (Å²) in [6, 6.07) is 7.36. The van der Waals surface area contributed by atoms with Crippen molar-refractivity contribution >= 4 is 27.3 Å². The molecule has 0 unspecified atom stereocenters. The van der Waals surface area contributed by atoms with Gasteiger partial charge in [0.1, 0.15) is 6.54 Å². The molecule has 1 heterocycles. The van der Waals surface area contributed by atoms with Gasteiger partial charge in [-0.25, -0.2) is 8.42 Å². The van der Waals surface area contributed by atoms with Crippen LogP contribution in [0, 0.1) is 0 Å². The molecule has 0 radical (unpaired) electrons. The second kappa shape index (κ2) is 7.84. The van der Waals surface area contributed by atoms with E-state index in [2.05, 4.69) is 22.2 Å². The minimum Gasteiger partial charge on any atom is -0.369 e. The maximum Gasteiger partial charge on any atom is 0.241 e. The van der Waals surface area contributed by atoms with Gasteiger partial charge in [0.05, 0.1) is 11.9 Å². The Hall–Kier alpha value is -1.80. The average molecular weight is 383 g/mol. The van der Waals surface area contributed by atoms with Gasteiger partial charge in [0.15, 0.2) is 0 Å². The van der Waals surface area contributed by atoms with Crippen molar-refractivity contribution in [2.45, 2.75) is 26.3 Å². The van der Waals surface area contributed by atoms with Crippen LogP contribution < -0.4 is 14.5 Å². The molecule has 8 heteroatoms. The predicted molar refractivity (Wildman–Crippen MR) is 106 cm³/mol. The van der Waals surface area contributed by atoms with Crippen LogP contribution in [0.2, 0.25) is 0 Å². The van der Waals surface area contributed by atoms with Crippen molar-refractivity contribution in [3.05, 3.63) is 24.3 Å². The monoisotopic (exact) mass is 382 g/mol. The molecule has 1 fully saturated rings. The fourth-order valence-corrected chi connectivity index (χ4v) is 3.74. The largest absolute Gasteiger partial charge is 0.369 e. The molecule has 1 aliphatic rings. The molecule has 1 saturated heterocycles. The number of sulfonamides is 1. The molecular formula is C18H30N4O3S. The average Bonchev–Trinajstić information content (AvgIpc) is 2.51. The lowest BCUT2D eigenvalue weighted by Gasteiger charge is -2.34. The highest BCUT2D eigenvalue weighted by atomic mass is 32.2. The number of nitrogens with zero attached hydrogens (tertiary/aromatic N) is 3. The predicted octanol–water partition coefficient (Wildman–Crippen LogP) is 1.12. The van der Waals surface area contributed by atoms with Gasteiger partial charge in [-0.3, -0.25) is 9.10 Å². The second-order valence-corrected chi connectivity index (χ2v) is 9.78. The SMILES string of the molecule is CN1CCN(c2ccc(N(CC(=O)NC(C)(C)C)S(C)(=O)=O)cc2)CC1. The van der Waals surface area contributed by atoms with Crippen molar-refractivity contribution in [3.8, 4) is 0 Å². The van der Waals surface area contributed by atoms with Gasteiger partial charge >= 0.3 is 0 Å². The smallest absolute Gasteiger partial charge is 0.241 e. The van der Waals surface area contributed by atoms with Gasteiger partial charge in [-0.2, -0.15) is 0 Å². The van der Waals surface area contributed by atoms with Gasteiger partial charge in [-0.15, -0.1) is 0 Å². The van der Waals surface area contributed by atoms with Crippen LogP contribution in [0.15, 0.2) is 24.3 Å². The lowest BCUT2D eigenvalue weighted by atomic mass is 10.1. The summed E-state index contributed by atoms with van der Waals surface area (Å²) >= 11 is 0. The first-order valence-corrected chi connectivity index (χ1v) is 10.6. The third-order valence-electron chi connectivity index (χ3n) is 4.21. The van der Waals surface area contributed by atoms with Crippen molar-refractivity contribution in [2.75, 3.05) is 55.2 Å². The highest BCUT2D eigenvalue weighted by Gasteiger charge is 2.23. The minimum absolute atomic E-state index is 0.232. The van der Waals surface area contributed by atoms with E-state index in [1.807, 2.05) is 32.9 Å². The summed E-state index contributed by atoms with van der Waals surface area (Å²) in [4.78, 5) is 16.8. The number of amides is 1. The Balaban J connectivity index is 2.15. The molecule has 1 aliphatic heterocycles. The normalized spacial score (nSPS) is 16.4. The zero-order valence-electron chi connectivity index (χ0n) is 16.3. The molecule has 1 N–H and O–H groups in total. The van der Waals surface area contributed by atoms with Crippen molar-refractivity contribution < 1.29 is 13.2 Å². The first kappa shape index (κ1) is 20.5. The van der Waals surface area contributed by atoms with E-state index < -0.39 is 15.6 Å². The molecule has 7 nitrogen and oxygen atoms in total. The molecule has 0 bridgehead atoms. The van der Waals surface area contributed by atoms with E-state index in [0.29, 0.717) is 5.69 Å². The number of nitrogens with one attached hydrogen (secondary N) is 1. The topological polar surface area (TPSA) is 73.0 Å². The van der Waals surface area contributed by atoms with Crippen LogP contribution in [-0.4, -0.2) is 70.8 Å². The molecular weight excluding hydrogens is 352 g/mol. The zero-order valence-corrected chi connectivity index (χ0v) is 17.1. The number of carbonyl (C=O) groups is 1. The lowest BCUT2D eigenvalue weighted by Crippen LogP contribution is -2.47. The molecule has 0 spiro atoms. The Morgan fingerprint density at radius 3 is 2.12 bits per heavy atom. The fraction of sp³-hybridized carbons (Fsp3) is 0.611. The molecule has 0 atom stereocenters. The highest BCUT2D eigenvalue weighted by Crippen LogP contribution is 2.23. The van der Waals surface area contributed by atoms with Crippen LogP contribution >= 0.6 is 0 Å². The Kier molecular flexibility index (Phi) is 6.18. The number of hydrogen-bond donors (Lipinski definition) is 1. The van der Waals surface area contributed by atoms with Gasteiger partial charge < -0.3 is 15.1 Å². The molecule has 26 heavy (non-hydrogen) atoms. The number of piperazine rings is 1. The quantitative estimate of drug-likeness (QED) is 0.826. The first-order chi connectivity index (χ1) is 12.0. The second-order valence-electron chi connectivity index (χ2n) is 7.87.